The summed E-state index contributed by atoms with van der Waals surface area (Å²) < 4.78 is 5.83. The fourth-order valence-electron chi connectivity index (χ4n) is 2.20. The van der Waals surface area contributed by atoms with Crippen molar-refractivity contribution >= 4 is 0 Å². The van der Waals surface area contributed by atoms with Crippen molar-refractivity contribution in [2.75, 3.05) is 19.7 Å². The van der Waals surface area contributed by atoms with E-state index in [9.17, 15) is 0 Å². The first-order chi connectivity index (χ1) is 9.24. The van der Waals surface area contributed by atoms with E-state index in [-0.39, 0.29) is 0 Å². The minimum Gasteiger partial charge on any atom is -0.493 e. The van der Waals surface area contributed by atoms with Crippen molar-refractivity contribution in [3.05, 3.63) is 29.3 Å². The molecule has 0 aliphatic rings. The normalized spacial score (nSPS) is 10.7. The Morgan fingerprint density at radius 2 is 1.79 bits per heavy atom. The van der Waals surface area contributed by atoms with Crippen LogP contribution >= 0.6 is 0 Å². The van der Waals surface area contributed by atoms with Gasteiger partial charge in [0.25, 0.3) is 0 Å². The van der Waals surface area contributed by atoms with Gasteiger partial charge in [0.05, 0.1) is 19.7 Å². The van der Waals surface area contributed by atoms with Crippen LogP contribution < -0.4 is 10.1 Å². The highest BCUT2D eigenvalue weighted by atomic mass is 16.5. The maximum absolute atomic E-state index is 5.83. The van der Waals surface area contributed by atoms with Gasteiger partial charge in [0.2, 0.25) is 0 Å². The van der Waals surface area contributed by atoms with E-state index in [0.717, 1.165) is 18.8 Å². The molecule has 0 amide bonds. The molecule has 1 aromatic carbocycles. The van der Waals surface area contributed by atoms with Crippen LogP contribution in [0.4, 0.5) is 0 Å². The third-order valence-corrected chi connectivity index (χ3v) is 3.40. The SMILES string of the molecule is CCCC[NH2+]CCCCCOc1ccc(C)cc1C. The molecule has 0 aliphatic carbocycles. The van der Waals surface area contributed by atoms with Crippen LogP contribution in [0, 0.1) is 13.8 Å². The van der Waals surface area contributed by atoms with E-state index < -0.39 is 0 Å². The molecule has 0 aromatic heterocycles. The summed E-state index contributed by atoms with van der Waals surface area (Å²) in [6, 6.07) is 6.38. The summed E-state index contributed by atoms with van der Waals surface area (Å²) in [6.07, 6.45) is 6.39. The van der Waals surface area contributed by atoms with Crippen molar-refractivity contribution in [2.24, 2.45) is 0 Å². The number of nitrogens with two attached hydrogens (primary N) is 1. The maximum Gasteiger partial charge on any atom is 0.122 e. The summed E-state index contributed by atoms with van der Waals surface area (Å²) in [5.41, 5.74) is 2.54. The van der Waals surface area contributed by atoms with E-state index in [1.54, 1.807) is 0 Å². The van der Waals surface area contributed by atoms with Crippen LogP contribution in [-0.2, 0) is 0 Å². The summed E-state index contributed by atoms with van der Waals surface area (Å²) in [5.74, 6) is 1.04. The monoisotopic (exact) mass is 264 g/mol. The number of rotatable bonds is 10. The molecule has 0 saturated heterocycles. The van der Waals surface area contributed by atoms with Crippen molar-refractivity contribution in [1.29, 1.82) is 0 Å². The van der Waals surface area contributed by atoms with Gasteiger partial charge < -0.3 is 10.1 Å². The lowest BCUT2D eigenvalue weighted by molar-refractivity contribution is -0.655. The van der Waals surface area contributed by atoms with Crippen LogP contribution in [0.3, 0.4) is 0 Å². The average molecular weight is 264 g/mol. The molecule has 0 fully saturated rings. The molecule has 2 nitrogen and oxygen atoms in total. The van der Waals surface area contributed by atoms with Crippen molar-refractivity contribution < 1.29 is 10.1 Å². The van der Waals surface area contributed by atoms with E-state index in [2.05, 4.69) is 44.3 Å². The lowest BCUT2D eigenvalue weighted by Gasteiger charge is -2.09. The molecule has 0 aliphatic heterocycles. The number of quaternary nitrogens is 1. The molecule has 2 heteroatoms. The number of unbranched alkanes of at least 4 members (excludes halogenated alkanes) is 3. The van der Waals surface area contributed by atoms with Crippen LogP contribution in [0.1, 0.15) is 50.2 Å². The Balaban J connectivity index is 2.01. The molecule has 19 heavy (non-hydrogen) atoms. The molecular weight excluding hydrogens is 234 g/mol. The zero-order valence-electron chi connectivity index (χ0n) is 12.9. The Morgan fingerprint density at radius 3 is 2.53 bits per heavy atom. The molecule has 2 N–H and O–H groups in total. The molecule has 0 saturated carbocycles. The largest absolute Gasteiger partial charge is 0.493 e. The van der Waals surface area contributed by atoms with Crippen molar-refractivity contribution in [3.63, 3.8) is 0 Å². The highest BCUT2D eigenvalue weighted by molar-refractivity contribution is 5.35. The lowest BCUT2D eigenvalue weighted by atomic mass is 10.1. The first-order valence-electron chi connectivity index (χ1n) is 7.75. The summed E-state index contributed by atoms with van der Waals surface area (Å²) in [5, 5.41) is 2.44. The first kappa shape index (κ1) is 16.0. The Bertz CT molecular complexity index is 349. The summed E-state index contributed by atoms with van der Waals surface area (Å²) >= 11 is 0. The standard InChI is InChI=1S/C17H29NO/c1-4-5-11-18-12-7-6-8-13-19-17-10-9-15(2)14-16(17)3/h9-10,14,18H,4-8,11-13H2,1-3H3/p+1. The fraction of sp³-hybridized carbons (Fsp3) is 0.647. The fourth-order valence-corrected chi connectivity index (χ4v) is 2.20. The van der Waals surface area contributed by atoms with Gasteiger partial charge in [0.15, 0.2) is 0 Å². The highest BCUT2D eigenvalue weighted by Gasteiger charge is 1.99. The molecule has 1 rings (SSSR count). The zero-order chi connectivity index (χ0) is 13.9. The minimum absolute atomic E-state index is 0.846. The third kappa shape index (κ3) is 7.22. The van der Waals surface area contributed by atoms with Crippen LogP contribution in [0.25, 0.3) is 0 Å². The Kier molecular flexibility index (Phi) is 8.31. The summed E-state index contributed by atoms with van der Waals surface area (Å²) in [7, 11) is 0. The van der Waals surface area contributed by atoms with Crippen LogP contribution in [0.5, 0.6) is 5.75 Å². The number of hydrogen-bond acceptors (Lipinski definition) is 1. The molecule has 1 aromatic rings. The second-order valence-corrected chi connectivity index (χ2v) is 5.40. The van der Waals surface area contributed by atoms with Gasteiger partial charge in [-0.3, -0.25) is 0 Å². The number of hydrogen-bond donors (Lipinski definition) is 1. The predicted octanol–water partition coefficient (Wildman–Crippen LogP) is 3.22. The molecule has 0 unspecified atom stereocenters. The topological polar surface area (TPSA) is 25.8 Å². The first-order valence-corrected chi connectivity index (χ1v) is 7.75. The average Bonchev–Trinajstić information content (AvgIpc) is 2.39. The molecule has 0 heterocycles. The molecule has 0 spiro atoms. The van der Waals surface area contributed by atoms with E-state index in [1.807, 2.05) is 0 Å². The zero-order valence-corrected chi connectivity index (χ0v) is 12.9. The highest BCUT2D eigenvalue weighted by Crippen LogP contribution is 2.18. The molecule has 108 valence electrons. The lowest BCUT2D eigenvalue weighted by Crippen LogP contribution is -2.84. The molecular formula is C17H30NO+. The van der Waals surface area contributed by atoms with E-state index >= 15 is 0 Å². The van der Waals surface area contributed by atoms with Crippen LogP contribution in [0.15, 0.2) is 18.2 Å². The summed E-state index contributed by atoms with van der Waals surface area (Å²) in [4.78, 5) is 0. The van der Waals surface area contributed by atoms with Crippen molar-refractivity contribution in [3.8, 4) is 5.75 Å². The number of aryl methyl sites for hydroxylation is 2. The molecule has 0 atom stereocenters. The predicted molar refractivity (Wildman–Crippen MR) is 81.8 cm³/mol. The number of ether oxygens (including phenoxy) is 1. The van der Waals surface area contributed by atoms with Gasteiger partial charge >= 0.3 is 0 Å². The number of benzene rings is 1. The molecule has 0 bridgehead atoms. The minimum atomic E-state index is 0.846. The Morgan fingerprint density at radius 1 is 1.00 bits per heavy atom. The molecule has 0 radical (unpaired) electrons. The Hall–Kier alpha value is -1.02. The van der Waals surface area contributed by atoms with Gasteiger partial charge in [-0.05, 0) is 51.2 Å². The second-order valence-electron chi connectivity index (χ2n) is 5.40. The van der Waals surface area contributed by atoms with E-state index in [1.165, 1.54) is 49.9 Å². The van der Waals surface area contributed by atoms with Crippen molar-refractivity contribution in [1.82, 2.24) is 0 Å². The van der Waals surface area contributed by atoms with Gasteiger partial charge in [0.1, 0.15) is 5.75 Å². The van der Waals surface area contributed by atoms with Gasteiger partial charge in [-0.15, -0.1) is 0 Å². The van der Waals surface area contributed by atoms with Gasteiger partial charge in [-0.25, -0.2) is 0 Å². The smallest absolute Gasteiger partial charge is 0.122 e. The van der Waals surface area contributed by atoms with E-state index in [4.69, 9.17) is 4.74 Å². The van der Waals surface area contributed by atoms with Crippen LogP contribution in [0.2, 0.25) is 0 Å². The quantitative estimate of drug-likeness (QED) is 0.645. The summed E-state index contributed by atoms with van der Waals surface area (Å²) in [6.45, 7) is 9.88. The second kappa shape index (κ2) is 9.85. The maximum atomic E-state index is 5.83. The van der Waals surface area contributed by atoms with Crippen molar-refractivity contribution in [2.45, 2.75) is 52.9 Å². The van der Waals surface area contributed by atoms with Gasteiger partial charge in [-0.1, -0.05) is 31.0 Å². The van der Waals surface area contributed by atoms with E-state index in [0.29, 0.717) is 0 Å². The Labute approximate surface area is 118 Å². The van der Waals surface area contributed by atoms with Crippen LogP contribution in [-0.4, -0.2) is 19.7 Å². The third-order valence-electron chi connectivity index (χ3n) is 3.40. The van der Waals surface area contributed by atoms with Gasteiger partial charge in [0, 0.05) is 0 Å². The van der Waals surface area contributed by atoms with Gasteiger partial charge in [-0.2, -0.15) is 0 Å².